The van der Waals surface area contributed by atoms with Crippen LogP contribution in [-0.2, 0) is 18.3 Å². The molecule has 0 fully saturated rings. The van der Waals surface area contributed by atoms with Crippen LogP contribution in [0.1, 0.15) is 34.1 Å². The number of anilines is 2. The van der Waals surface area contributed by atoms with Crippen LogP contribution in [0.4, 0.5) is 11.5 Å². The van der Waals surface area contributed by atoms with Crippen LogP contribution in [0.3, 0.4) is 0 Å². The quantitative estimate of drug-likeness (QED) is 0.419. The molecule has 144 valence electrons. The topological polar surface area (TPSA) is 139 Å². The second kappa shape index (κ2) is 8.09. The minimum atomic E-state index is -0.846. The van der Waals surface area contributed by atoms with Crippen LogP contribution >= 0.6 is 11.6 Å². The third kappa shape index (κ3) is 4.03. The number of rotatable bonds is 6. The molecule has 0 radical (unpaired) electrons. The zero-order valence-electron chi connectivity index (χ0n) is 14.8. The summed E-state index contributed by atoms with van der Waals surface area (Å²) in [5.74, 6) is -1.88. The number of nitrogens with two attached hydrogens (primary N) is 2. The molecule has 0 saturated carbocycles. The van der Waals surface area contributed by atoms with Gasteiger partial charge in [-0.05, 0) is 24.6 Å². The first-order valence-electron chi connectivity index (χ1n) is 8.03. The predicted molar refractivity (Wildman–Crippen MR) is 101 cm³/mol. The monoisotopic (exact) mass is 394 g/mol. The van der Waals surface area contributed by atoms with Crippen LogP contribution in [-0.4, -0.2) is 27.5 Å². The highest BCUT2D eigenvalue weighted by molar-refractivity contribution is 6.33. The highest BCUT2D eigenvalue weighted by Gasteiger charge is 2.22. The maximum Gasteiger partial charge on any atom is 0.338 e. The summed E-state index contributed by atoms with van der Waals surface area (Å²) in [4.78, 5) is 48.9. The number of hydrogen-bond acceptors (Lipinski definition) is 7. The van der Waals surface area contributed by atoms with E-state index in [-0.39, 0.29) is 28.6 Å². The molecular formula is C17H19ClN4O5. The molecule has 0 unspecified atom stereocenters. The summed E-state index contributed by atoms with van der Waals surface area (Å²) in [5, 5.41) is 0.275. The Hall–Kier alpha value is -3.07. The molecule has 10 heteroatoms. The number of ketones is 1. The third-order valence-corrected chi connectivity index (χ3v) is 4.22. The zero-order chi connectivity index (χ0) is 20.3. The molecule has 0 aliphatic rings. The molecule has 0 aliphatic heterocycles. The molecule has 0 aliphatic carbocycles. The van der Waals surface area contributed by atoms with E-state index < -0.39 is 35.2 Å². The fourth-order valence-corrected chi connectivity index (χ4v) is 2.56. The molecule has 0 atom stereocenters. The molecule has 0 spiro atoms. The number of aromatic nitrogens is 2. The van der Waals surface area contributed by atoms with E-state index in [4.69, 9.17) is 27.8 Å². The summed E-state index contributed by atoms with van der Waals surface area (Å²) in [6.07, 6.45) is 0.572. The predicted octanol–water partition coefficient (Wildman–Crippen LogP) is 0.814. The lowest BCUT2D eigenvalue weighted by molar-refractivity contribution is 0.0474. The zero-order valence-corrected chi connectivity index (χ0v) is 15.6. The largest absolute Gasteiger partial charge is 0.454 e. The van der Waals surface area contributed by atoms with E-state index in [1.54, 1.807) is 0 Å². The Balaban J connectivity index is 2.28. The number of nitrogens with zero attached hydrogens (tertiary/aromatic N) is 2. The molecule has 27 heavy (non-hydrogen) atoms. The molecule has 0 amide bonds. The molecular weight excluding hydrogens is 376 g/mol. The number of carbonyl (C=O) groups is 2. The Morgan fingerprint density at radius 1 is 1.22 bits per heavy atom. The Labute approximate surface area is 159 Å². The van der Waals surface area contributed by atoms with Crippen molar-refractivity contribution in [2.75, 3.05) is 18.1 Å². The van der Waals surface area contributed by atoms with Crippen LogP contribution in [0.5, 0.6) is 0 Å². The van der Waals surface area contributed by atoms with Crippen molar-refractivity contribution in [1.29, 1.82) is 0 Å². The number of nitrogen functional groups attached to an aromatic ring is 2. The van der Waals surface area contributed by atoms with Gasteiger partial charge in [-0.1, -0.05) is 18.5 Å². The van der Waals surface area contributed by atoms with E-state index in [9.17, 15) is 19.2 Å². The van der Waals surface area contributed by atoms with E-state index in [0.717, 1.165) is 9.13 Å². The Kier molecular flexibility index (Phi) is 6.06. The minimum absolute atomic E-state index is 0.0986. The van der Waals surface area contributed by atoms with E-state index in [0.29, 0.717) is 6.42 Å². The van der Waals surface area contributed by atoms with Crippen molar-refractivity contribution in [3.8, 4) is 0 Å². The van der Waals surface area contributed by atoms with Crippen molar-refractivity contribution < 1.29 is 14.3 Å². The van der Waals surface area contributed by atoms with Gasteiger partial charge in [0, 0.05) is 13.6 Å². The van der Waals surface area contributed by atoms with Gasteiger partial charge in [-0.2, -0.15) is 0 Å². The number of Topliss-reactive ketones (excluding diaryl/α,β-unsaturated/α-hetero) is 1. The number of halogens is 1. The van der Waals surface area contributed by atoms with Crippen LogP contribution < -0.4 is 22.7 Å². The van der Waals surface area contributed by atoms with Gasteiger partial charge in [0.05, 0.1) is 16.3 Å². The van der Waals surface area contributed by atoms with Crippen molar-refractivity contribution >= 4 is 34.9 Å². The number of carbonyl (C=O) groups excluding carboxylic acids is 2. The molecule has 4 N–H and O–H groups in total. The lowest BCUT2D eigenvalue weighted by Crippen LogP contribution is -2.43. The maximum atomic E-state index is 12.4. The maximum absolute atomic E-state index is 12.4. The highest BCUT2D eigenvalue weighted by Crippen LogP contribution is 2.20. The van der Waals surface area contributed by atoms with Gasteiger partial charge in [-0.3, -0.25) is 18.7 Å². The second-order valence-corrected chi connectivity index (χ2v) is 6.20. The summed E-state index contributed by atoms with van der Waals surface area (Å²) in [5.41, 5.74) is 9.89. The third-order valence-electron chi connectivity index (χ3n) is 3.88. The standard InChI is InChI=1S/C17H19ClN4O5/c1-3-6-22-14(20)13(15(24)21(2)17(22)26)12(23)8-27-16(25)9-4-5-10(18)11(19)7-9/h4-5,7H,3,6,8,19-20H2,1-2H3. The molecule has 1 aromatic carbocycles. The molecule has 9 nitrogen and oxygen atoms in total. The summed E-state index contributed by atoms with van der Waals surface area (Å²) < 4.78 is 6.87. The molecule has 2 rings (SSSR count). The van der Waals surface area contributed by atoms with Gasteiger partial charge >= 0.3 is 11.7 Å². The first-order valence-corrected chi connectivity index (χ1v) is 8.41. The normalized spacial score (nSPS) is 10.6. The highest BCUT2D eigenvalue weighted by atomic mass is 35.5. The fraction of sp³-hybridized carbons (Fsp3) is 0.294. The summed E-state index contributed by atoms with van der Waals surface area (Å²) in [6, 6.07) is 4.12. The van der Waals surface area contributed by atoms with Crippen molar-refractivity contribution in [2.45, 2.75) is 19.9 Å². The van der Waals surface area contributed by atoms with E-state index in [1.807, 2.05) is 6.92 Å². The Bertz CT molecular complexity index is 1030. The average molecular weight is 395 g/mol. The number of esters is 1. The van der Waals surface area contributed by atoms with Gasteiger partial charge in [0.2, 0.25) is 5.78 Å². The smallest absolute Gasteiger partial charge is 0.338 e. The number of ether oxygens (including phenoxy) is 1. The van der Waals surface area contributed by atoms with E-state index in [2.05, 4.69) is 0 Å². The number of benzene rings is 1. The first kappa shape index (κ1) is 20.2. The van der Waals surface area contributed by atoms with Crippen molar-refractivity contribution in [2.24, 2.45) is 7.05 Å². The van der Waals surface area contributed by atoms with Gasteiger partial charge in [0.1, 0.15) is 11.4 Å². The molecule has 0 bridgehead atoms. The van der Waals surface area contributed by atoms with Crippen molar-refractivity contribution in [3.05, 3.63) is 55.2 Å². The van der Waals surface area contributed by atoms with E-state index >= 15 is 0 Å². The summed E-state index contributed by atoms with van der Waals surface area (Å²) in [7, 11) is 1.25. The molecule has 1 heterocycles. The molecule has 1 aromatic heterocycles. The molecule has 2 aromatic rings. The Morgan fingerprint density at radius 2 is 1.89 bits per heavy atom. The van der Waals surface area contributed by atoms with Crippen LogP contribution in [0.15, 0.2) is 27.8 Å². The van der Waals surface area contributed by atoms with Gasteiger partial charge < -0.3 is 16.2 Å². The fourth-order valence-electron chi connectivity index (χ4n) is 2.44. The van der Waals surface area contributed by atoms with Crippen LogP contribution in [0.25, 0.3) is 0 Å². The summed E-state index contributed by atoms with van der Waals surface area (Å²) in [6.45, 7) is 1.34. The number of hydrogen-bond donors (Lipinski definition) is 2. The van der Waals surface area contributed by atoms with Gasteiger partial charge in [-0.15, -0.1) is 0 Å². The second-order valence-electron chi connectivity index (χ2n) is 5.79. The average Bonchev–Trinajstić information content (AvgIpc) is 2.64. The van der Waals surface area contributed by atoms with Crippen LogP contribution in [0, 0.1) is 0 Å². The van der Waals surface area contributed by atoms with Gasteiger partial charge in [-0.25, -0.2) is 9.59 Å². The molecule has 0 saturated heterocycles. The Morgan fingerprint density at radius 3 is 2.48 bits per heavy atom. The lowest BCUT2D eigenvalue weighted by Gasteiger charge is -2.14. The van der Waals surface area contributed by atoms with E-state index in [1.165, 1.54) is 25.2 Å². The SMILES string of the molecule is CCCn1c(N)c(C(=O)COC(=O)c2ccc(Cl)c(N)c2)c(=O)n(C)c1=O. The van der Waals surface area contributed by atoms with Crippen LogP contribution in [0.2, 0.25) is 5.02 Å². The summed E-state index contributed by atoms with van der Waals surface area (Å²) >= 11 is 5.79. The minimum Gasteiger partial charge on any atom is -0.454 e. The van der Waals surface area contributed by atoms with Gasteiger partial charge in [0.25, 0.3) is 5.56 Å². The van der Waals surface area contributed by atoms with Crippen molar-refractivity contribution in [3.63, 3.8) is 0 Å². The van der Waals surface area contributed by atoms with Gasteiger partial charge in [0.15, 0.2) is 6.61 Å². The first-order chi connectivity index (χ1) is 12.7. The van der Waals surface area contributed by atoms with Crippen molar-refractivity contribution in [1.82, 2.24) is 9.13 Å². The lowest BCUT2D eigenvalue weighted by atomic mass is 10.2.